The molecule has 2 atom stereocenters. The highest BCUT2D eigenvalue weighted by atomic mass is 31.2. The molecule has 0 saturated carbocycles. The van der Waals surface area contributed by atoms with E-state index < -0.39 is 26.5 Å². The van der Waals surface area contributed by atoms with E-state index in [1.807, 2.05) is 21.1 Å². The van der Waals surface area contributed by atoms with Crippen LogP contribution in [-0.2, 0) is 32.7 Å². The molecule has 10 heteroatoms. The van der Waals surface area contributed by atoms with Gasteiger partial charge in [0.25, 0.3) is 0 Å². The van der Waals surface area contributed by atoms with Crippen molar-refractivity contribution in [3.8, 4) is 0 Å². The summed E-state index contributed by atoms with van der Waals surface area (Å²) in [5, 5.41) is 0. The number of hydrogen-bond donors (Lipinski definition) is 1. The zero-order chi connectivity index (χ0) is 59.8. The van der Waals surface area contributed by atoms with Crippen molar-refractivity contribution in [1.82, 2.24) is 0 Å². The molecule has 470 valence electrons. The largest absolute Gasteiger partial charge is 0.472 e. The Morgan fingerprint density at radius 2 is 0.695 bits per heavy atom. The zero-order valence-electron chi connectivity index (χ0n) is 53.4. The summed E-state index contributed by atoms with van der Waals surface area (Å²) in [7, 11) is 1.46. The van der Waals surface area contributed by atoms with Gasteiger partial charge in [0.05, 0.1) is 27.7 Å². The molecule has 0 rings (SSSR count). The highest BCUT2D eigenvalue weighted by Gasteiger charge is 2.27. The number of rotatable bonds is 60. The number of nitrogens with zero attached hydrogens (tertiary/aromatic N) is 1. The van der Waals surface area contributed by atoms with E-state index in [4.69, 9.17) is 18.5 Å². The number of ether oxygens (including phenoxy) is 2. The van der Waals surface area contributed by atoms with Crippen LogP contribution in [0.5, 0.6) is 0 Å². The predicted molar refractivity (Wildman–Crippen MR) is 353 cm³/mol. The lowest BCUT2D eigenvalue weighted by Crippen LogP contribution is -2.37. The first kappa shape index (κ1) is 78.4. The summed E-state index contributed by atoms with van der Waals surface area (Å²) < 4.78 is 34.7. The standard InChI is InChI=1S/C72H124NO8P/c1-6-8-10-12-14-16-18-20-22-24-26-28-30-32-34-36-38-40-42-44-46-48-50-52-54-56-58-60-62-64-71(74)78-68-70(69-80-82(76,77)79-67-66-73(3,4)5)81-72(75)65-63-61-59-57-55-53-51-49-47-45-43-41-39-37-35-33-31-29-27-25-23-21-19-17-15-13-11-9-7-2/h9,11,15,17-18,20-21,23-24,26-27,29-30,32-33,35,39,41,45,47,70H,6-8,10,12-14,16,19,22,25,28,31,34,36-38,40,42-44,46,48-69H2,1-5H3/p+1/b11-9-,17-15-,20-18-,23-21-,26-24-,29-27-,32-30-,35-33-,41-39-,47-45-. The SMILES string of the molecule is CC/C=C\C/C=C\C/C=C\C/C=C\C/C=C\C/C=C\C/C=C\CCCCCCCCCC(=O)OC(COC(=O)CCCCCCCCCCCCCCCC/C=C\C/C=C\C/C=C\CCCCCCC)COP(=O)(O)OCC[N+](C)(C)C. The van der Waals surface area contributed by atoms with Crippen LogP contribution in [0.25, 0.3) is 0 Å². The first-order chi connectivity index (χ1) is 40.0. The number of phosphoric ester groups is 1. The van der Waals surface area contributed by atoms with Crippen LogP contribution in [0.15, 0.2) is 122 Å². The molecule has 0 aliphatic carbocycles. The average Bonchev–Trinajstić information content (AvgIpc) is 3.45. The van der Waals surface area contributed by atoms with Crippen LogP contribution in [-0.4, -0.2) is 74.9 Å². The summed E-state index contributed by atoms with van der Waals surface area (Å²) in [4.78, 5) is 35.8. The smallest absolute Gasteiger partial charge is 0.462 e. The van der Waals surface area contributed by atoms with Gasteiger partial charge in [0.2, 0.25) is 0 Å². The molecule has 82 heavy (non-hydrogen) atoms. The summed E-state index contributed by atoms with van der Waals surface area (Å²) in [5.41, 5.74) is 0. The third-order valence-corrected chi connectivity index (χ3v) is 15.0. The van der Waals surface area contributed by atoms with Crippen LogP contribution in [0.1, 0.15) is 271 Å². The Labute approximate surface area is 505 Å². The van der Waals surface area contributed by atoms with Gasteiger partial charge in [-0.2, -0.15) is 0 Å². The van der Waals surface area contributed by atoms with Gasteiger partial charge in [-0.25, -0.2) is 4.57 Å². The summed E-state index contributed by atoms with van der Waals surface area (Å²) in [6.45, 7) is 4.30. The average molecular weight is 1160 g/mol. The van der Waals surface area contributed by atoms with Gasteiger partial charge in [-0.1, -0.05) is 270 Å². The van der Waals surface area contributed by atoms with Crippen LogP contribution in [0.4, 0.5) is 0 Å². The maximum atomic E-state index is 12.9. The van der Waals surface area contributed by atoms with Gasteiger partial charge in [0, 0.05) is 12.8 Å². The fraction of sp³-hybridized carbons (Fsp3) is 0.694. The second kappa shape index (κ2) is 62.0. The number of quaternary nitrogens is 1. The Balaban J connectivity index is 4.15. The Kier molecular flexibility index (Phi) is 59.2. The molecule has 0 fully saturated rings. The third-order valence-electron chi connectivity index (χ3n) is 14.0. The Bertz CT molecular complexity index is 1800. The zero-order valence-corrected chi connectivity index (χ0v) is 54.3. The van der Waals surface area contributed by atoms with Crippen LogP contribution in [0, 0.1) is 0 Å². The quantitative estimate of drug-likeness (QED) is 0.0211. The number of allylic oxidation sites excluding steroid dienone is 20. The molecule has 0 aromatic rings. The van der Waals surface area contributed by atoms with Crippen molar-refractivity contribution in [3.63, 3.8) is 0 Å². The van der Waals surface area contributed by atoms with Crippen LogP contribution in [0.2, 0.25) is 0 Å². The van der Waals surface area contributed by atoms with Gasteiger partial charge in [-0.15, -0.1) is 0 Å². The number of unbranched alkanes of at least 4 members (excludes halogenated alkanes) is 26. The maximum absolute atomic E-state index is 12.9. The minimum absolute atomic E-state index is 0.0234. The molecular weight excluding hydrogens is 1040 g/mol. The monoisotopic (exact) mass is 1160 g/mol. The molecule has 2 unspecified atom stereocenters. The highest BCUT2D eigenvalue weighted by molar-refractivity contribution is 7.47. The molecule has 1 N–H and O–H groups in total. The van der Waals surface area contributed by atoms with Gasteiger partial charge < -0.3 is 18.9 Å². The highest BCUT2D eigenvalue weighted by Crippen LogP contribution is 2.43. The van der Waals surface area contributed by atoms with Crippen molar-refractivity contribution in [3.05, 3.63) is 122 Å². The van der Waals surface area contributed by atoms with E-state index in [0.29, 0.717) is 17.4 Å². The summed E-state index contributed by atoms with van der Waals surface area (Å²) >= 11 is 0. The van der Waals surface area contributed by atoms with E-state index in [2.05, 4.69) is 135 Å². The molecule has 0 bridgehead atoms. The van der Waals surface area contributed by atoms with E-state index in [0.717, 1.165) is 103 Å². The van der Waals surface area contributed by atoms with Crippen LogP contribution in [0.3, 0.4) is 0 Å². The molecule has 9 nitrogen and oxygen atoms in total. The molecule has 0 aliphatic rings. The van der Waals surface area contributed by atoms with E-state index in [1.165, 1.54) is 135 Å². The number of carbonyl (C=O) groups is 2. The van der Waals surface area contributed by atoms with Crippen molar-refractivity contribution >= 4 is 19.8 Å². The van der Waals surface area contributed by atoms with Crippen molar-refractivity contribution in [2.24, 2.45) is 0 Å². The number of hydrogen-bond acceptors (Lipinski definition) is 7. The van der Waals surface area contributed by atoms with Crippen LogP contribution < -0.4 is 0 Å². The molecule has 0 amide bonds. The Morgan fingerprint density at radius 1 is 0.390 bits per heavy atom. The normalized spacial score (nSPS) is 14.0. The number of phosphoric acid groups is 1. The van der Waals surface area contributed by atoms with Gasteiger partial charge in [-0.05, 0) is 109 Å². The topological polar surface area (TPSA) is 108 Å². The molecule has 0 aromatic carbocycles. The second-order valence-corrected chi connectivity index (χ2v) is 24.6. The van der Waals surface area contributed by atoms with Gasteiger partial charge in [0.15, 0.2) is 6.10 Å². The molecular formula is C72H125NO8P+. The number of carbonyl (C=O) groups excluding carboxylic acids is 2. The molecule has 0 spiro atoms. The minimum atomic E-state index is -4.40. The number of likely N-dealkylation sites (N-methyl/N-ethyl adjacent to an activating group) is 1. The Hall–Kier alpha value is -3.59. The van der Waals surface area contributed by atoms with Gasteiger partial charge >= 0.3 is 19.8 Å². The minimum Gasteiger partial charge on any atom is -0.462 e. The number of esters is 2. The predicted octanol–water partition coefficient (Wildman–Crippen LogP) is 21.5. The second-order valence-electron chi connectivity index (χ2n) is 23.1. The van der Waals surface area contributed by atoms with E-state index in [9.17, 15) is 19.0 Å². The van der Waals surface area contributed by atoms with E-state index >= 15 is 0 Å². The molecule has 0 radical (unpaired) electrons. The summed E-state index contributed by atoms with van der Waals surface area (Å²) in [6, 6.07) is 0. The third kappa shape index (κ3) is 65.6. The lowest BCUT2D eigenvalue weighted by atomic mass is 10.0. The fourth-order valence-electron chi connectivity index (χ4n) is 8.89. The van der Waals surface area contributed by atoms with Crippen molar-refractivity contribution in [2.45, 2.75) is 277 Å². The lowest BCUT2D eigenvalue weighted by molar-refractivity contribution is -0.870. The molecule has 0 heterocycles. The van der Waals surface area contributed by atoms with E-state index in [1.54, 1.807) is 0 Å². The van der Waals surface area contributed by atoms with Crippen molar-refractivity contribution < 1.29 is 42.1 Å². The summed E-state index contributed by atoms with van der Waals surface area (Å²) in [5.74, 6) is -0.813. The Morgan fingerprint density at radius 3 is 1.04 bits per heavy atom. The summed E-state index contributed by atoms with van der Waals surface area (Å²) in [6.07, 6.45) is 88.5. The molecule has 0 aromatic heterocycles. The fourth-order valence-corrected chi connectivity index (χ4v) is 9.63. The van der Waals surface area contributed by atoms with Gasteiger partial charge in [-0.3, -0.25) is 18.6 Å². The van der Waals surface area contributed by atoms with Crippen molar-refractivity contribution in [1.29, 1.82) is 0 Å². The first-order valence-electron chi connectivity index (χ1n) is 33.3. The van der Waals surface area contributed by atoms with Crippen LogP contribution >= 0.6 is 7.82 Å². The lowest BCUT2D eigenvalue weighted by Gasteiger charge is -2.24. The van der Waals surface area contributed by atoms with Gasteiger partial charge in [0.1, 0.15) is 19.8 Å². The van der Waals surface area contributed by atoms with E-state index in [-0.39, 0.29) is 32.0 Å². The molecule has 0 saturated heterocycles. The maximum Gasteiger partial charge on any atom is 0.472 e. The molecule has 0 aliphatic heterocycles. The van der Waals surface area contributed by atoms with Crippen molar-refractivity contribution in [2.75, 3.05) is 47.5 Å². The first-order valence-corrected chi connectivity index (χ1v) is 34.8.